The predicted molar refractivity (Wildman–Crippen MR) is 91.2 cm³/mol. The lowest BCUT2D eigenvalue weighted by Gasteiger charge is -2.10. The zero-order chi connectivity index (χ0) is 16.8. The number of rotatable bonds is 4. The van der Waals surface area contributed by atoms with Crippen molar-refractivity contribution in [2.24, 2.45) is 0 Å². The Hall–Kier alpha value is -2.41. The molecule has 0 heterocycles. The molecule has 0 aromatic heterocycles. The number of carbonyl (C=O) groups is 2. The van der Waals surface area contributed by atoms with Crippen LogP contribution in [0.25, 0.3) is 0 Å². The van der Waals surface area contributed by atoms with Crippen molar-refractivity contribution in [3.8, 4) is 0 Å². The van der Waals surface area contributed by atoms with Gasteiger partial charge in [-0.2, -0.15) is 0 Å². The standard InChI is InChI=1S/C16H15BrFN3O2/c1-2-19-16(23)21-12-5-3-4-11(9-12)20-15(22)13-7-6-10(18)8-14(13)17/h3-9H,2H2,1H3,(H,20,22)(H2,19,21,23). The summed E-state index contributed by atoms with van der Waals surface area (Å²) in [6, 6.07) is 10.2. The number of nitrogens with one attached hydrogen (secondary N) is 3. The van der Waals surface area contributed by atoms with Gasteiger partial charge in [0.05, 0.1) is 5.56 Å². The fourth-order valence-corrected chi connectivity index (χ4v) is 2.41. The van der Waals surface area contributed by atoms with Crippen molar-refractivity contribution in [3.63, 3.8) is 0 Å². The highest BCUT2D eigenvalue weighted by Gasteiger charge is 2.11. The third kappa shape index (κ3) is 4.79. The number of urea groups is 1. The lowest BCUT2D eigenvalue weighted by Crippen LogP contribution is -2.28. The Labute approximate surface area is 141 Å². The summed E-state index contributed by atoms with van der Waals surface area (Å²) >= 11 is 3.16. The summed E-state index contributed by atoms with van der Waals surface area (Å²) in [5.74, 6) is -0.811. The average molecular weight is 380 g/mol. The van der Waals surface area contributed by atoms with Gasteiger partial charge in [0.15, 0.2) is 0 Å². The molecule has 0 fully saturated rings. The molecule has 0 aliphatic carbocycles. The molecule has 0 unspecified atom stereocenters. The molecular weight excluding hydrogens is 365 g/mol. The first kappa shape index (κ1) is 17.0. The van der Waals surface area contributed by atoms with E-state index in [1.54, 1.807) is 24.3 Å². The second kappa shape index (κ2) is 7.73. The molecular formula is C16H15BrFN3O2. The van der Waals surface area contributed by atoms with Crippen LogP contribution in [0.4, 0.5) is 20.6 Å². The van der Waals surface area contributed by atoms with Gasteiger partial charge in [-0.15, -0.1) is 0 Å². The first-order valence-electron chi connectivity index (χ1n) is 6.91. The molecule has 0 aliphatic rings. The Morgan fingerprint density at radius 3 is 2.43 bits per heavy atom. The minimum Gasteiger partial charge on any atom is -0.338 e. The maximum atomic E-state index is 13.1. The number of benzene rings is 2. The van der Waals surface area contributed by atoms with Crippen molar-refractivity contribution in [1.82, 2.24) is 5.32 Å². The molecule has 2 aromatic carbocycles. The largest absolute Gasteiger partial charge is 0.338 e. The smallest absolute Gasteiger partial charge is 0.319 e. The molecule has 0 saturated heterocycles. The predicted octanol–water partition coefficient (Wildman–Crippen LogP) is 3.98. The molecule has 7 heteroatoms. The first-order valence-corrected chi connectivity index (χ1v) is 7.70. The molecule has 0 spiro atoms. The summed E-state index contributed by atoms with van der Waals surface area (Å²) < 4.78 is 13.4. The third-order valence-corrected chi connectivity index (χ3v) is 3.55. The van der Waals surface area contributed by atoms with Crippen LogP contribution in [0.2, 0.25) is 0 Å². The SMILES string of the molecule is CCNC(=O)Nc1cccc(NC(=O)c2ccc(F)cc2Br)c1. The molecule has 5 nitrogen and oxygen atoms in total. The Bertz CT molecular complexity index is 737. The summed E-state index contributed by atoms with van der Waals surface area (Å²) in [6.07, 6.45) is 0. The van der Waals surface area contributed by atoms with E-state index in [4.69, 9.17) is 0 Å². The molecule has 0 saturated carbocycles. The lowest BCUT2D eigenvalue weighted by molar-refractivity contribution is 0.102. The zero-order valence-electron chi connectivity index (χ0n) is 12.3. The monoisotopic (exact) mass is 379 g/mol. The van der Waals surface area contributed by atoms with Crippen LogP contribution in [-0.4, -0.2) is 18.5 Å². The molecule has 0 radical (unpaired) electrons. The van der Waals surface area contributed by atoms with E-state index in [2.05, 4.69) is 31.9 Å². The molecule has 2 rings (SSSR count). The van der Waals surface area contributed by atoms with Crippen LogP contribution in [0.1, 0.15) is 17.3 Å². The van der Waals surface area contributed by atoms with Gasteiger partial charge in [0.25, 0.3) is 5.91 Å². The van der Waals surface area contributed by atoms with Crippen LogP contribution in [0.5, 0.6) is 0 Å². The van der Waals surface area contributed by atoms with Gasteiger partial charge < -0.3 is 16.0 Å². The Morgan fingerprint density at radius 1 is 1.09 bits per heavy atom. The van der Waals surface area contributed by atoms with Gasteiger partial charge in [-0.1, -0.05) is 6.07 Å². The van der Waals surface area contributed by atoms with Crippen molar-refractivity contribution in [1.29, 1.82) is 0 Å². The fourth-order valence-electron chi connectivity index (χ4n) is 1.88. The highest BCUT2D eigenvalue weighted by atomic mass is 79.9. The summed E-state index contributed by atoms with van der Waals surface area (Å²) in [6.45, 7) is 2.33. The van der Waals surface area contributed by atoms with E-state index in [1.807, 2.05) is 6.92 Å². The number of hydrogen-bond donors (Lipinski definition) is 3. The highest BCUT2D eigenvalue weighted by molar-refractivity contribution is 9.10. The lowest BCUT2D eigenvalue weighted by atomic mass is 10.2. The maximum Gasteiger partial charge on any atom is 0.319 e. The van der Waals surface area contributed by atoms with E-state index >= 15 is 0 Å². The van der Waals surface area contributed by atoms with Gasteiger partial charge in [0.2, 0.25) is 0 Å². The Kier molecular flexibility index (Phi) is 5.70. The van der Waals surface area contributed by atoms with Crippen LogP contribution in [0.15, 0.2) is 46.9 Å². The summed E-state index contributed by atoms with van der Waals surface area (Å²) in [5, 5.41) is 7.97. The number of amides is 3. The van der Waals surface area contributed by atoms with Gasteiger partial charge in [0.1, 0.15) is 5.82 Å². The van der Waals surface area contributed by atoms with Gasteiger partial charge in [-0.3, -0.25) is 4.79 Å². The molecule has 0 bridgehead atoms. The number of hydrogen-bond acceptors (Lipinski definition) is 2. The second-order valence-electron chi connectivity index (χ2n) is 4.64. The van der Waals surface area contributed by atoms with Crippen LogP contribution < -0.4 is 16.0 Å². The molecule has 0 aliphatic heterocycles. The highest BCUT2D eigenvalue weighted by Crippen LogP contribution is 2.21. The molecule has 120 valence electrons. The molecule has 2 aromatic rings. The number of anilines is 2. The Morgan fingerprint density at radius 2 is 1.78 bits per heavy atom. The Balaban J connectivity index is 2.10. The topological polar surface area (TPSA) is 70.2 Å². The van der Waals surface area contributed by atoms with Crippen molar-refractivity contribution in [3.05, 3.63) is 58.3 Å². The quantitative estimate of drug-likeness (QED) is 0.751. The van der Waals surface area contributed by atoms with E-state index in [1.165, 1.54) is 18.2 Å². The normalized spacial score (nSPS) is 10.0. The minimum atomic E-state index is -0.429. The van der Waals surface area contributed by atoms with E-state index < -0.39 is 5.82 Å². The van der Waals surface area contributed by atoms with Crippen LogP contribution in [-0.2, 0) is 0 Å². The van der Waals surface area contributed by atoms with Crippen LogP contribution >= 0.6 is 15.9 Å². The second-order valence-corrected chi connectivity index (χ2v) is 5.50. The molecule has 3 N–H and O–H groups in total. The zero-order valence-corrected chi connectivity index (χ0v) is 13.9. The average Bonchev–Trinajstić information content (AvgIpc) is 2.47. The molecule has 3 amide bonds. The van der Waals surface area contributed by atoms with Crippen molar-refractivity contribution in [2.45, 2.75) is 6.92 Å². The summed E-state index contributed by atoms with van der Waals surface area (Å²) in [7, 11) is 0. The van der Waals surface area contributed by atoms with E-state index in [9.17, 15) is 14.0 Å². The van der Waals surface area contributed by atoms with E-state index in [-0.39, 0.29) is 11.9 Å². The van der Waals surface area contributed by atoms with E-state index in [0.29, 0.717) is 28.0 Å². The van der Waals surface area contributed by atoms with Gasteiger partial charge >= 0.3 is 6.03 Å². The van der Waals surface area contributed by atoms with Crippen LogP contribution in [0.3, 0.4) is 0 Å². The van der Waals surface area contributed by atoms with Crippen LogP contribution in [0, 0.1) is 5.82 Å². The molecule has 0 atom stereocenters. The van der Waals surface area contributed by atoms with Gasteiger partial charge in [-0.25, -0.2) is 9.18 Å². The maximum absolute atomic E-state index is 13.1. The first-order chi connectivity index (χ1) is 11.0. The van der Waals surface area contributed by atoms with Gasteiger partial charge in [-0.05, 0) is 59.3 Å². The molecule has 23 heavy (non-hydrogen) atoms. The van der Waals surface area contributed by atoms with Gasteiger partial charge in [0, 0.05) is 22.4 Å². The van der Waals surface area contributed by atoms with Crippen molar-refractivity contribution in [2.75, 3.05) is 17.2 Å². The van der Waals surface area contributed by atoms with E-state index in [0.717, 1.165) is 0 Å². The van der Waals surface area contributed by atoms with Crippen molar-refractivity contribution >= 4 is 39.2 Å². The minimum absolute atomic E-state index is 0.313. The fraction of sp³-hybridized carbons (Fsp3) is 0.125. The third-order valence-electron chi connectivity index (χ3n) is 2.89. The summed E-state index contributed by atoms with van der Waals surface area (Å²) in [5.41, 5.74) is 1.38. The number of halogens is 2. The summed E-state index contributed by atoms with van der Waals surface area (Å²) in [4.78, 5) is 23.7. The number of carbonyl (C=O) groups excluding carboxylic acids is 2. The van der Waals surface area contributed by atoms with Crippen molar-refractivity contribution < 1.29 is 14.0 Å².